The summed E-state index contributed by atoms with van der Waals surface area (Å²) in [7, 11) is 0. The Labute approximate surface area is 109 Å². The number of halogens is 1. The number of hydrogen-bond acceptors (Lipinski definition) is 3. The van der Waals surface area contributed by atoms with Gasteiger partial charge in [-0.25, -0.2) is 9.18 Å². The van der Waals surface area contributed by atoms with Crippen LogP contribution in [0.4, 0.5) is 9.18 Å². The second kappa shape index (κ2) is 4.31. The van der Waals surface area contributed by atoms with Crippen LogP contribution in [-0.4, -0.2) is 35.5 Å². The van der Waals surface area contributed by atoms with Crippen molar-refractivity contribution in [1.82, 2.24) is 15.5 Å². The van der Waals surface area contributed by atoms with Crippen LogP contribution in [-0.2, 0) is 11.3 Å². The maximum Gasteiger partial charge on any atom is 0.325 e. The molecule has 2 N–H and O–H groups in total. The molecular formula is C13H14FN3O2. The number of urea groups is 1. The van der Waals surface area contributed by atoms with E-state index < -0.39 is 17.4 Å². The molecule has 0 saturated carbocycles. The van der Waals surface area contributed by atoms with Crippen molar-refractivity contribution in [3.63, 3.8) is 0 Å². The first-order valence-electron chi connectivity index (χ1n) is 6.21. The largest absolute Gasteiger partial charge is 0.325 e. The van der Waals surface area contributed by atoms with Gasteiger partial charge in [0.15, 0.2) is 0 Å². The van der Waals surface area contributed by atoms with Gasteiger partial charge in [-0.15, -0.1) is 0 Å². The summed E-state index contributed by atoms with van der Waals surface area (Å²) in [5.41, 5.74) is -0.489. The first-order valence-corrected chi connectivity index (χ1v) is 6.21. The summed E-state index contributed by atoms with van der Waals surface area (Å²) >= 11 is 0. The van der Waals surface area contributed by atoms with Crippen molar-refractivity contribution < 1.29 is 14.0 Å². The van der Waals surface area contributed by atoms with E-state index in [1.165, 1.54) is 6.07 Å². The second-order valence-corrected chi connectivity index (χ2v) is 4.92. The van der Waals surface area contributed by atoms with Crippen molar-refractivity contribution in [3.05, 3.63) is 35.6 Å². The van der Waals surface area contributed by atoms with Crippen LogP contribution in [0.2, 0.25) is 0 Å². The monoisotopic (exact) mass is 263 g/mol. The highest BCUT2D eigenvalue weighted by molar-refractivity contribution is 6.07. The zero-order chi connectivity index (χ0) is 13.5. The van der Waals surface area contributed by atoms with Gasteiger partial charge in [0.25, 0.3) is 5.91 Å². The number of imide groups is 1. The molecule has 3 rings (SSSR count). The third kappa shape index (κ3) is 1.88. The van der Waals surface area contributed by atoms with E-state index in [0.717, 1.165) is 4.90 Å². The standard InChI is InChI=1S/C13H14FN3O2/c14-10-4-2-1-3-9(10)7-17-11(18)13(16-12(17)19)5-6-15-8-13/h1-4,15H,5-8H2,(H,16,19). The van der Waals surface area contributed by atoms with Crippen LogP contribution in [0.1, 0.15) is 12.0 Å². The molecule has 19 heavy (non-hydrogen) atoms. The maximum absolute atomic E-state index is 13.6. The topological polar surface area (TPSA) is 61.4 Å². The zero-order valence-electron chi connectivity index (χ0n) is 10.3. The molecule has 1 spiro atoms. The molecule has 2 fully saturated rings. The minimum absolute atomic E-state index is 0.0287. The summed E-state index contributed by atoms with van der Waals surface area (Å²) < 4.78 is 13.6. The number of carbonyl (C=O) groups excluding carboxylic acids is 2. The molecular weight excluding hydrogens is 249 g/mol. The predicted octanol–water partition coefficient (Wildman–Crippen LogP) is 0.610. The first-order chi connectivity index (χ1) is 9.12. The molecule has 2 aliphatic heterocycles. The molecule has 5 nitrogen and oxygen atoms in total. The number of hydrogen-bond donors (Lipinski definition) is 2. The molecule has 6 heteroatoms. The Balaban J connectivity index is 1.84. The van der Waals surface area contributed by atoms with Crippen molar-refractivity contribution in [2.24, 2.45) is 0 Å². The van der Waals surface area contributed by atoms with Gasteiger partial charge in [0.1, 0.15) is 11.4 Å². The summed E-state index contributed by atoms with van der Waals surface area (Å²) in [6.45, 7) is 1.10. The first kappa shape index (κ1) is 12.1. The molecule has 2 heterocycles. The Bertz CT molecular complexity index is 540. The van der Waals surface area contributed by atoms with Crippen LogP contribution >= 0.6 is 0 Å². The third-order valence-electron chi connectivity index (χ3n) is 3.69. The third-order valence-corrected chi connectivity index (χ3v) is 3.69. The second-order valence-electron chi connectivity index (χ2n) is 4.92. The SMILES string of the molecule is O=C1NC2(CCNC2)C(=O)N1Cc1ccccc1F. The van der Waals surface area contributed by atoms with E-state index in [4.69, 9.17) is 0 Å². The summed E-state index contributed by atoms with van der Waals surface area (Å²) in [4.78, 5) is 25.3. The molecule has 3 amide bonds. The Morgan fingerprint density at radius 3 is 2.79 bits per heavy atom. The molecule has 0 bridgehead atoms. The molecule has 0 radical (unpaired) electrons. The number of carbonyl (C=O) groups is 2. The van der Waals surface area contributed by atoms with Crippen LogP contribution in [0.15, 0.2) is 24.3 Å². The van der Waals surface area contributed by atoms with Gasteiger partial charge in [-0.1, -0.05) is 18.2 Å². The lowest BCUT2D eigenvalue weighted by molar-refractivity contribution is -0.131. The molecule has 2 aliphatic rings. The summed E-state index contributed by atoms with van der Waals surface area (Å²) in [6, 6.07) is 5.71. The van der Waals surface area contributed by atoms with Gasteiger partial charge < -0.3 is 10.6 Å². The quantitative estimate of drug-likeness (QED) is 0.769. The molecule has 1 aromatic rings. The smallest absolute Gasteiger partial charge is 0.322 e. The van der Waals surface area contributed by atoms with Gasteiger partial charge in [0, 0.05) is 12.1 Å². The fourth-order valence-electron chi connectivity index (χ4n) is 2.60. The highest BCUT2D eigenvalue weighted by Crippen LogP contribution is 2.25. The lowest BCUT2D eigenvalue weighted by Gasteiger charge is -2.19. The minimum atomic E-state index is -0.831. The Morgan fingerprint density at radius 2 is 2.11 bits per heavy atom. The highest BCUT2D eigenvalue weighted by Gasteiger charge is 2.52. The predicted molar refractivity (Wildman–Crippen MR) is 65.7 cm³/mol. The fourth-order valence-corrected chi connectivity index (χ4v) is 2.60. The van der Waals surface area contributed by atoms with Crippen molar-refractivity contribution in [2.75, 3.05) is 13.1 Å². The number of amides is 3. The number of nitrogens with one attached hydrogen (secondary N) is 2. The average Bonchev–Trinajstić information content (AvgIpc) is 2.94. The van der Waals surface area contributed by atoms with Crippen LogP contribution in [0.3, 0.4) is 0 Å². The van der Waals surface area contributed by atoms with E-state index >= 15 is 0 Å². The van der Waals surface area contributed by atoms with E-state index in [2.05, 4.69) is 10.6 Å². The normalized spacial score (nSPS) is 26.3. The Morgan fingerprint density at radius 1 is 1.32 bits per heavy atom. The highest BCUT2D eigenvalue weighted by atomic mass is 19.1. The van der Waals surface area contributed by atoms with E-state index in [9.17, 15) is 14.0 Å². The van der Waals surface area contributed by atoms with Crippen molar-refractivity contribution in [3.8, 4) is 0 Å². The van der Waals surface area contributed by atoms with Crippen LogP contribution in [0.25, 0.3) is 0 Å². The molecule has 1 aromatic carbocycles. The van der Waals surface area contributed by atoms with Gasteiger partial charge in [-0.3, -0.25) is 9.69 Å². The van der Waals surface area contributed by atoms with Gasteiger partial charge in [-0.05, 0) is 19.0 Å². The lowest BCUT2D eigenvalue weighted by Crippen LogP contribution is -2.48. The van der Waals surface area contributed by atoms with Gasteiger partial charge in [0.05, 0.1) is 6.54 Å². The molecule has 0 aliphatic carbocycles. The van der Waals surface area contributed by atoms with Crippen LogP contribution in [0, 0.1) is 5.82 Å². The van der Waals surface area contributed by atoms with E-state index in [1.54, 1.807) is 18.2 Å². The Hall–Kier alpha value is -1.95. The zero-order valence-corrected chi connectivity index (χ0v) is 10.3. The Kier molecular flexibility index (Phi) is 2.74. The molecule has 100 valence electrons. The van der Waals surface area contributed by atoms with Gasteiger partial charge in [-0.2, -0.15) is 0 Å². The number of nitrogens with zero attached hydrogens (tertiary/aromatic N) is 1. The fraction of sp³-hybridized carbons (Fsp3) is 0.385. The summed E-state index contributed by atoms with van der Waals surface area (Å²) in [6.07, 6.45) is 0.575. The van der Waals surface area contributed by atoms with E-state index in [1.807, 2.05) is 0 Å². The van der Waals surface area contributed by atoms with Crippen molar-refractivity contribution >= 4 is 11.9 Å². The average molecular weight is 263 g/mol. The molecule has 0 aromatic heterocycles. The molecule has 1 atom stereocenters. The van der Waals surface area contributed by atoms with Crippen LogP contribution in [0.5, 0.6) is 0 Å². The van der Waals surface area contributed by atoms with Gasteiger partial charge in [0.2, 0.25) is 0 Å². The maximum atomic E-state index is 13.6. The van der Waals surface area contributed by atoms with E-state index in [0.29, 0.717) is 25.1 Å². The summed E-state index contributed by atoms with van der Waals surface area (Å²) in [5.74, 6) is -0.681. The minimum Gasteiger partial charge on any atom is -0.322 e. The van der Waals surface area contributed by atoms with Crippen molar-refractivity contribution in [1.29, 1.82) is 0 Å². The van der Waals surface area contributed by atoms with Crippen molar-refractivity contribution in [2.45, 2.75) is 18.5 Å². The summed E-state index contributed by atoms with van der Waals surface area (Å²) in [5, 5.41) is 5.79. The van der Waals surface area contributed by atoms with Gasteiger partial charge >= 0.3 is 6.03 Å². The number of rotatable bonds is 2. The number of benzene rings is 1. The van der Waals surface area contributed by atoms with E-state index in [-0.39, 0.29) is 12.5 Å². The molecule has 1 unspecified atom stereocenters. The molecule has 2 saturated heterocycles. The lowest BCUT2D eigenvalue weighted by atomic mass is 9.99. The van der Waals surface area contributed by atoms with Crippen LogP contribution < -0.4 is 10.6 Å².